The van der Waals surface area contributed by atoms with Crippen LogP contribution >= 0.6 is 34.7 Å². The van der Waals surface area contributed by atoms with Crippen molar-refractivity contribution in [2.24, 2.45) is 0 Å². The van der Waals surface area contributed by atoms with Crippen LogP contribution < -0.4 is 0 Å². The first kappa shape index (κ1) is 10.9. The second-order valence-electron chi connectivity index (χ2n) is 2.87. The quantitative estimate of drug-likeness (QED) is 0.779. The predicted octanol–water partition coefficient (Wildman–Crippen LogP) is 3.91. The molecular weight excluding hydrogens is 248 g/mol. The van der Waals surface area contributed by atoms with Crippen LogP contribution in [0, 0.1) is 0 Å². The van der Waals surface area contributed by atoms with Crippen molar-refractivity contribution in [2.45, 2.75) is 22.6 Å². The molecule has 0 aromatic carbocycles. The van der Waals surface area contributed by atoms with Crippen LogP contribution in [0.3, 0.4) is 0 Å². The van der Waals surface area contributed by atoms with E-state index >= 15 is 0 Å². The smallest absolute Gasteiger partial charge is 0.154 e. The number of rotatable bonds is 3. The predicted molar refractivity (Wildman–Crippen MR) is 64.9 cm³/mol. The van der Waals surface area contributed by atoms with Crippen LogP contribution in [0.1, 0.15) is 12.6 Å². The second kappa shape index (κ2) is 4.96. The minimum Gasteiger partial charge on any atom is -0.244 e. The highest BCUT2D eigenvalue weighted by Gasteiger charge is 2.03. The number of nitrogens with zero attached hydrogens (tertiary/aromatic N) is 2. The Labute approximate surface area is 102 Å². The standard InChI is InChI=1S/C10H9ClN2S2/c1-2-7-6-14-10(13-7)15-8-3-4-12-9(11)5-8/h3-6H,2H2,1H3. The van der Waals surface area contributed by atoms with Crippen LogP contribution in [0.15, 0.2) is 32.9 Å². The van der Waals surface area contributed by atoms with E-state index in [1.54, 1.807) is 29.3 Å². The van der Waals surface area contributed by atoms with Gasteiger partial charge in [0.05, 0.1) is 5.69 Å². The van der Waals surface area contributed by atoms with E-state index in [1.807, 2.05) is 12.1 Å². The monoisotopic (exact) mass is 256 g/mol. The van der Waals surface area contributed by atoms with Gasteiger partial charge >= 0.3 is 0 Å². The lowest BCUT2D eigenvalue weighted by atomic mass is 10.4. The number of halogens is 1. The van der Waals surface area contributed by atoms with Gasteiger partial charge in [-0.25, -0.2) is 9.97 Å². The fraction of sp³-hybridized carbons (Fsp3) is 0.200. The average Bonchev–Trinajstić information content (AvgIpc) is 2.65. The lowest BCUT2D eigenvalue weighted by molar-refractivity contribution is 1.02. The maximum absolute atomic E-state index is 5.80. The lowest BCUT2D eigenvalue weighted by Gasteiger charge is -1.96. The molecule has 0 radical (unpaired) electrons. The van der Waals surface area contributed by atoms with Gasteiger partial charge in [-0.3, -0.25) is 0 Å². The maximum atomic E-state index is 5.80. The molecule has 2 heterocycles. The number of hydrogen-bond acceptors (Lipinski definition) is 4. The summed E-state index contributed by atoms with van der Waals surface area (Å²) < 4.78 is 1.05. The van der Waals surface area contributed by atoms with E-state index in [-0.39, 0.29) is 0 Å². The molecule has 0 aliphatic rings. The van der Waals surface area contributed by atoms with E-state index in [1.165, 1.54) is 0 Å². The summed E-state index contributed by atoms with van der Waals surface area (Å²) in [4.78, 5) is 9.49. The third-order valence-corrected chi connectivity index (χ3v) is 3.98. The normalized spacial score (nSPS) is 10.5. The highest BCUT2D eigenvalue weighted by atomic mass is 35.5. The van der Waals surface area contributed by atoms with Gasteiger partial charge in [0, 0.05) is 16.5 Å². The van der Waals surface area contributed by atoms with Gasteiger partial charge in [0.1, 0.15) is 5.15 Å². The number of hydrogen-bond donors (Lipinski definition) is 0. The molecule has 78 valence electrons. The van der Waals surface area contributed by atoms with Crippen LogP contribution in [0.5, 0.6) is 0 Å². The van der Waals surface area contributed by atoms with Crippen molar-refractivity contribution >= 4 is 34.7 Å². The van der Waals surface area contributed by atoms with E-state index < -0.39 is 0 Å². The summed E-state index contributed by atoms with van der Waals surface area (Å²) in [6.07, 6.45) is 2.69. The molecule has 2 aromatic heterocycles. The second-order valence-corrected chi connectivity index (χ2v) is 5.44. The van der Waals surface area contributed by atoms with E-state index in [4.69, 9.17) is 11.6 Å². The minimum atomic E-state index is 0.521. The topological polar surface area (TPSA) is 25.8 Å². The Balaban J connectivity index is 2.14. The molecule has 0 saturated carbocycles. The zero-order chi connectivity index (χ0) is 10.7. The van der Waals surface area contributed by atoms with Crippen LogP contribution in [0.2, 0.25) is 5.15 Å². The van der Waals surface area contributed by atoms with Crippen molar-refractivity contribution < 1.29 is 0 Å². The van der Waals surface area contributed by atoms with Gasteiger partial charge in [0.25, 0.3) is 0 Å². The first-order valence-electron chi connectivity index (χ1n) is 4.51. The molecule has 15 heavy (non-hydrogen) atoms. The average molecular weight is 257 g/mol. The van der Waals surface area contributed by atoms with Gasteiger partial charge in [0.15, 0.2) is 4.34 Å². The van der Waals surface area contributed by atoms with Crippen LogP contribution in [0.4, 0.5) is 0 Å². The van der Waals surface area contributed by atoms with Crippen molar-refractivity contribution in [1.82, 2.24) is 9.97 Å². The third kappa shape index (κ3) is 2.93. The van der Waals surface area contributed by atoms with Gasteiger partial charge < -0.3 is 0 Å². The highest BCUT2D eigenvalue weighted by molar-refractivity contribution is 8.01. The number of pyridine rings is 1. The molecule has 2 nitrogen and oxygen atoms in total. The van der Waals surface area contributed by atoms with Crippen molar-refractivity contribution in [2.75, 3.05) is 0 Å². The molecule has 0 aliphatic heterocycles. The molecule has 0 atom stereocenters. The summed E-state index contributed by atoms with van der Waals surface area (Å²) in [5.74, 6) is 0. The molecular formula is C10H9ClN2S2. The Kier molecular flexibility index (Phi) is 3.61. The maximum Gasteiger partial charge on any atom is 0.154 e. The Bertz CT molecular complexity index is 456. The minimum absolute atomic E-state index is 0.521. The molecule has 5 heteroatoms. The van der Waals surface area contributed by atoms with E-state index in [9.17, 15) is 0 Å². The molecule has 0 N–H and O–H groups in total. The molecule has 2 aromatic rings. The molecule has 0 spiro atoms. The first-order chi connectivity index (χ1) is 7.28. The van der Waals surface area contributed by atoms with Crippen LogP contribution in [0.25, 0.3) is 0 Å². The fourth-order valence-electron chi connectivity index (χ4n) is 1.05. The molecule has 0 aliphatic carbocycles. The Hall–Kier alpha value is -0.580. The number of aryl methyl sites for hydroxylation is 1. The van der Waals surface area contributed by atoms with E-state index in [0.717, 1.165) is 21.3 Å². The van der Waals surface area contributed by atoms with Gasteiger partial charge in [-0.2, -0.15) is 0 Å². The molecule has 0 unspecified atom stereocenters. The van der Waals surface area contributed by atoms with Gasteiger partial charge in [0.2, 0.25) is 0 Å². The number of aromatic nitrogens is 2. The van der Waals surface area contributed by atoms with Gasteiger partial charge in [-0.1, -0.05) is 30.3 Å². The SMILES string of the molecule is CCc1csc(Sc2ccnc(Cl)c2)n1. The zero-order valence-electron chi connectivity index (χ0n) is 8.11. The van der Waals surface area contributed by atoms with Crippen molar-refractivity contribution in [3.05, 3.63) is 34.6 Å². The summed E-state index contributed by atoms with van der Waals surface area (Å²) >= 11 is 9.09. The fourth-order valence-corrected chi connectivity index (χ4v) is 3.20. The summed E-state index contributed by atoms with van der Waals surface area (Å²) in [6.45, 7) is 2.10. The van der Waals surface area contributed by atoms with Gasteiger partial charge in [-0.15, -0.1) is 11.3 Å². The zero-order valence-corrected chi connectivity index (χ0v) is 10.5. The van der Waals surface area contributed by atoms with Crippen molar-refractivity contribution in [3.8, 4) is 0 Å². The Morgan fingerprint density at radius 2 is 2.40 bits per heavy atom. The first-order valence-corrected chi connectivity index (χ1v) is 6.59. The largest absolute Gasteiger partial charge is 0.244 e. The number of thiazole rings is 1. The summed E-state index contributed by atoms with van der Waals surface area (Å²) in [5.41, 5.74) is 1.14. The van der Waals surface area contributed by atoms with Crippen LogP contribution in [-0.4, -0.2) is 9.97 Å². The summed E-state index contributed by atoms with van der Waals surface area (Å²) in [7, 11) is 0. The van der Waals surface area contributed by atoms with E-state index in [2.05, 4.69) is 22.3 Å². The molecule has 0 amide bonds. The van der Waals surface area contributed by atoms with Crippen LogP contribution in [-0.2, 0) is 6.42 Å². The molecule has 2 rings (SSSR count). The molecule has 0 fully saturated rings. The molecule has 0 bridgehead atoms. The lowest BCUT2D eigenvalue weighted by Crippen LogP contribution is -1.79. The van der Waals surface area contributed by atoms with E-state index in [0.29, 0.717) is 5.15 Å². The summed E-state index contributed by atoms with van der Waals surface area (Å²) in [5, 5.41) is 2.61. The van der Waals surface area contributed by atoms with Crippen molar-refractivity contribution in [1.29, 1.82) is 0 Å². The third-order valence-electron chi connectivity index (χ3n) is 1.80. The Morgan fingerprint density at radius 1 is 1.53 bits per heavy atom. The summed E-state index contributed by atoms with van der Waals surface area (Å²) in [6, 6.07) is 3.78. The van der Waals surface area contributed by atoms with Gasteiger partial charge in [-0.05, 0) is 18.6 Å². The van der Waals surface area contributed by atoms with Crippen molar-refractivity contribution in [3.63, 3.8) is 0 Å². The molecule has 0 saturated heterocycles. The Morgan fingerprint density at radius 3 is 3.07 bits per heavy atom. The highest BCUT2D eigenvalue weighted by Crippen LogP contribution is 2.30.